The molecular formula is C13H20BrN3O2. The van der Waals surface area contributed by atoms with Gasteiger partial charge in [0.25, 0.3) is 5.91 Å². The molecule has 0 aliphatic rings. The molecule has 2 atom stereocenters. The van der Waals surface area contributed by atoms with Crippen molar-refractivity contribution in [3.63, 3.8) is 0 Å². The molecule has 1 heterocycles. The second-order valence-corrected chi connectivity index (χ2v) is 5.76. The van der Waals surface area contributed by atoms with Crippen LogP contribution in [0, 0.1) is 5.92 Å². The number of amides is 1. The highest BCUT2D eigenvalue weighted by Gasteiger charge is 2.19. The minimum Gasteiger partial charge on any atom is -0.396 e. The fourth-order valence-corrected chi connectivity index (χ4v) is 1.87. The average molecular weight is 330 g/mol. The number of carbonyl (C=O) groups excluding carboxylic acids is 1. The first-order chi connectivity index (χ1) is 8.86. The number of carbonyl (C=O) groups is 1. The molecule has 0 aliphatic heterocycles. The van der Waals surface area contributed by atoms with Gasteiger partial charge < -0.3 is 15.3 Å². The van der Waals surface area contributed by atoms with Crippen molar-refractivity contribution < 1.29 is 9.90 Å². The van der Waals surface area contributed by atoms with Gasteiger partial charge in [-0.25, -0.2) is 4.98 Å². The lowest BCUT2D eigenvalue weighted by molar-refractivity contribution is 0.0916. The number of aliphatic hydroxyl groups is 1. The predicted octanol–water partition coefficient (Wildman–Crippen LogP) is 1.66. The molecule has 0 bridgehead atoms. The van der Waals surface area contributed by atoms with Crippen LogP contribution in [-0.4, -0.2) is 42.7 Å². The Morgan fingerprint density at radius 1 is 1.53 bits per heavy atom. The van der Waals surface area contributed by atoms with Crippen molar-refractivity contribution in [1.82, 2.24) is 10.3 Å². The Bertz CT molecular complexity index is 452. The van der Waals surface area contributed by atoms with Gasteiger partial charge in [-0.1, -0.05) is 6.92 Å². The van der Waals surface area contributed by atoms with Gasteiger partial charge in [0.2, 0.25) is 0 Å². The quantitative estimate of drug-likeness (QED) is 0.862. The summed E-state index contributed by atoms with van der Waals surface area (Å²) in [6, 6.07) is 1.64. The normalized spacial score (nSPS) is 13.8. The fraction of sp³-hybridized carbons (Fsp3) is 0.538. The molecule has 2 unspecified atom stereocenters. The predicted molar refractivity (Wildman–Crippen MR) is 79.4 cm³/mol. The monoisotopic (exact) mass is 329 g/mol. The summed E-state index contributed by atoms with van der Waals surface area (Å²) in [6.07, 6.45) is 1.66. The number of hydrogen-bond donors (Lipinski definition) is 2. The van der Waals surface area contributed by atoms with Gasteiger partial charge >= 0.3 is 0 Å². The largest absolute Gasteiger partial charge is 0.396 e. The topological polar surface area (TPSA) is 65.5 Å². The molecular weight excluding hydrogens is 310 g/mol. The van der Waals surface area contributed by atoms with Gasteiger partial charge in [-0.3, -0.25) is 4.79 Å². The summed E-state index contributed by atoms with van der Waals surface area (Å²) in [5.41, 5.74) is 0.511. The molecule has 1 amide bonds. The Kier molecular flexibility index (Phi) is 5.75. The van der Waals surface area contributed by atoms with E-state index in [1.165, 1.54) is 0 Å². The maximum Gasteiger partial charge on any atom is 0.255 e. The molecule has 2 N–H and O–H groups in total. The van der Waals surface area contributed by atoms with Crippen molar-refractivity contribution in [2.24, 2.45) is 5.92 Å². The molecule has 5 nitrogen and oxygen atoms in total. The third-order valence-electron chi connectivity index (χ3n) is 3.00. The number of aliphatic hydroxyl groups excluding tert-OH is 1. The van der Waals surface area contributed by atoms with Crippen molar-refractivity contribution in [2.45, 2.75) is 19.9 Å². The molecule has 0 saturated heterocycles. The molecule has 1 rings (SSSR count). The zero-order valence-electron chi connectivity index (χ0n) is 11.6. The van der Waals surface area contributed by atoms with Crippen LogP contribution in [-0.2, 0) is 0 Å². The molecule has 6 heteroatoms. The summed E-state index contributed by atoms with van der Waals surface area (Å²) >= 11 is 3.32. The number of nitrogens with zero attached hydrogens (tertiary/aromatic N) is 2. The molecule has 1 aromatic heterocycles. The van der Waals surface area contributed by atoms with E-state index in [0.29, 0.717) is 11.4 Å². The maximum absolute atomic E-state index is 12.3. The van der Waals surface area contributed by atoms with Crippen LogP contribution in [0.1, 0.15) is 24.2 Å². The minimum absolute atomic E-state index is 0.00636. The van der Waals surface area contributed by atoms with E-state index in [1.807, 2.05) is 27.9 Å². The summed E-state index contributed by atoms with van der Waals surface area (Å²) in [4.78, 5) is 18.3. The highest BCUT2D eigenvalue weighted by Crippen LogP contribution is 2.20. The molecule has 0 radical (unpaired) electrons. The van der Waals surface area contributed by atoms with E-state index < -0.39 is 0 Å². The highest BCUT2D eigenvalue weighted by molar-refractivity contribution is 9.10. The van der Waals surface area contributed by atoms with Crippen LogP contribution in [0.5, 0.6) is 0 Å². The van der Waals surface area contributed by atoms with Crippen molar-refractivity contribution in [1.29, 1.82) is 0 Å². The minimum atomic E-state index is -0.190. The van der Waals surface area contributed by atoms with E-state index in [4.69, 9.17) is 5.11 Å². The van der Waals surface area contributed by atoms with Gasteiger partial charge in [0, 0.05) is 37.4 Å². The Labute approximate surface area is 122 Å². The first kappa shape index (κ1) is 15.9. The summed E-state index contributed by atoms with van der Waals surface area (Å²) in [5.74, 6) is 0.432. The molecule has 1 aromatic rings. The van der Waals surface area contributed by atoms with Crippen LogP contribution in [0.15, 0.2) is 16.7 Å². The van der Waals surface area contributed by atoms with Crippen LogP contribution in [0.3, 0.4) is 0 Å². The number of pyridine rings is 1. The van der Waals surface area contributed by atoms with Crippen molar-refractivity contribution >= 4 is 27.7 Å². The zero-order chi connectivity index (χ0) is 14.6. The first-order valence-corrected chi connectivity index (χ1v) is 6.90. The Morgan fingerprint density at radius 3 is 2.68 bits per heavy atom. The second kappa shape index (κ2) is 6.86. The van der Waals surface area contributed by atoms with Crippen LogP contribution in [0.25, 0.3) is 0 Å². The van der Waals surface area contributed by atoms with Crippen LogP contribution >= 0.6 is 15.9 Å². The zero-order valence-corrected chi connectivity index (χ0v) is 13.2. The number of aromatic nitrogens is 1. The van der Waals surface area contributed by atoms with E-state index >= 15 is 0 Å². The lowest BCUT2D eigenvalue weighted by Crippen LogP contribution is -2.39. The van der Waals surface area contributed by atoms with Gasteiger partial charge in [0.15, 0.2) is 0 Å². The smallest absolute Gasteiger partial charge is 0.255 e. The average Bonchev–Trinajstić information content (AvgIpc) is 2.36. The van der Waals surface area contributed by atoms with Crippen molar-refractivity contribution in [3.8, 4) is 0 Å². The van der Waals surface area contributed by atoms with E-state index in [0.717, 1.165) is 4.47 Å². The summed E-state index contributed by atoms with van der Waals surface area (Å²) in [7, 11) is 3.68. The molecule has 0 aromatic carbocycles. The molecule has 0 fully saturated rings. The van der Waals surface area contributed by atoms with E-state index in [9.17, 15) is 4.79 Å². The fourth-order valence-electron chi connectivity index (χ4n) is 1.54. The van der Waals surface area contributed by atoms with Gasteiger partial charge in [0.1, 0.15) is 5.82 Å². The molecule has 106 valence electrons. The Morgan fingerprint density at radius 2 is 2.16 bits per heavy atom. The lowest BCUT2D eigenvalue weighted by Gasteiger charge is -2.21. The number of hydrogen-bond acceptors (Lipinski definition) is 4. The third kappa shape index (κ3) is 4.18. The van der Waals surface area contributed by atoms with Crippen LogP contribution in [0.2, 0.25) is 0 Å². The summed E-state index contributed by atoms with van der Waals surface area (Å²) < 4.78 is 0.756. The molecule has 19 heavy (non-hydrogen) atoms. The number of anilines is 1. The van der Waals surface area contributed by atoms with Crippen LogP contribution in [0.4, 0.5) is 5.82 Å². The van der Waals surface area contributed by atoms with Crippen molar-refractivity contribution in [3.05, 3.63) is 22.3 Å². The first-order valence-electron chi connectivity index (χ1n) is 6.11. The van der Waals surface area contributed by atoms with E-state index in [2.05, 4.69) is 26.2 Å². The van der Waals surface area contributed by atoms with Crippen molar-refractivity contribution in [2.75, 3.05) is 25.6 Å². The standard InChI is InChI=1S/C13H20BrN3O2/c1-8(7-18)9(2)16-13(19)11-5-10(14)6-15-12(11)17(3)4/h5-6,8-9,18H,7H2,1-4H3,(H,16,19). The van der Waals surface area contributed by atoms with Gasteiger partial charge in [0.05, 0.1) is 5.56 Å². The third-order valence-corrected chi connectivity index (χ3v) is 3.44. The Hall–Kier alpha value is -1.14. The van der Waals surface area contributed by atoms with Gasteiger partial charge in [-0.05, 0) is 34.8 Å². The van der Waals surface area contributed by atoms with Gasteiger partial charge in [-0.15, -0.1) is 0 Å². The van der Waals surface area contributed by atoms with E-state index in [1.54, 1.807) is 17.2 Å². The van der Waals surface area contributed by atoms with E-state index in [-0.39, 0.29) is 24.5 Å². The second-order valence-electron chi connectivity index (χ2n) is 4.84. The molecule has 0 saturated carbocycles. The molecule has 0 aliphatic carbocycles. The maximum atomic E-state index is 12.3. The highest BCUT2D eigenvalue weighted by atomic mass is 79.9. The molecule has 0 spiro atoms. The summed E-state index contributed by atoms with van der Waals surface area (Å²) in [5, 5.41) is 12.0. The number of rotatable bonds is 5. The lowest BCUT2D eigenvalue weighted by atomic mass is 10.0. The van der Waals surface area contributed by atoms with Crippen LogP contribution < -0.4 is 10.2 Å². The summed E-state index contributed by atoms with van der Waals surface area (Å²) in [6.45, 7) is 3.80. The van der Waals surface area contributed by atoms with Gasteiger partial charge in [-0.2, -0.15) is 0 Å². The number of nitrogens with one attached hydrogen (secondary N) is 1. The number of halogens is 1. The SMILES string of the molecule is CC(CO)C(C)NC(=O)c1cc(Br)cnc1N(C)C. The Balaban J connectivity index is 2.96.